The number of halogens is 6. The van der Waals surface area contributed by atoms with Crippen molar-refractivity contribution in [3.63, 3.8) is 0 Å². The summed E-state index contributed by atoms with van der Waals surface area (Å²) in [6.45, 7) is 1.90. The topological polar surface area (TPSA) is 65.8 Å². The fourth-order valence-electron chi connectivity index (χ4n) is 5.03. The van der Waals surface area contributed by atoms with E-state index in [1.54, 1.807) is 4.90 Å². The molecule has 37 heavy (non-hydrogen) atoms. The van der Waals surface area contributed by atoms with Gasteiger partial charge in [0.25, 0.3) is 0 Å². The van der Waals surface area contributed by atoms with E-state index in [4.69, 9.17) is 9.97 Å². The molecule has 2 atom stereocenters. The highest BCUT2D eigenvalue weighted by atomic mass is 19.4. The Bertz CT molecular complexity index is 1160. The normalized spacial score (nSPS) is 25.5. The van der Waals surface area contributed by atoms with Crippen LogP contribution >= 0.6 is 0 Å². The van der Waals surface area contributed by atoms with Crippen molar-refractivity contribution in [3.05, 3.63) is 35.7 Å². The van der Waals surface area contributed by atoms with Crippen LogP contribution in [0.25, 0.3) is 0 Å². The lowest BCUT2D eigenvalue weighted by Gasteiger charge is -2.39. The standard InChI is InChI=1S/C24H28F6N7/c1-37(12-3-13-37)22-33-18-8-11-36(21-17(24(28,29)30)4-2-9-31-21)10-7-16(18)20(35-22)34-19-6-5-15(14-32-19)23(25,26)27/h2,5-6,9,15,17H,3-4,7-8,10-14H2,1H3,(H,32,33,34,35)/q+1. The Morgan fingerprint density at radius 3 is 2.41 bits per heavy atom. The van der Waals surface area contributed by atoms with Crippen LogP contribution in [0.1, 0.15) is 24.1 Å². The molecule has 7 nitrogen and oxygen atoms in total. The van der Waals surface area contributed by atoms with Gasteiger partial charge in [0.15, 0.2) is 0 Å². The Morgan fingerprint density at radius 2 is 1.78 bits per heavy atom. The first-order valence-corrected chi connectivity index (χ1v) is 12.3. The summed E-state index contributed by atoms with van der Waals surface area (Å²) in [5.41, 5.74) is 1.47. The quantitative estimate of drug-likeness (QED) is 0.460. The van der Waals surface area contributed by atoms with Gasteiger partial charge in [-0.05, 0) is 18.9 Å². The number of aliphatic imine (C=N–C) groups is 2. The summed E-state index contributed by atoms with van der Waals surface area (Å²) in [5, 5.41) is 3.09. The molecule has 0 aromatic carbocycles. The molecular formula is C24H28F6N7+. The largest absolute Gasteiger partial charge is 0.399 e. The van der Waals surface area contributed by atoms with Gasteiger partial charge in [-0.2, -0.15) is 36.3 Å². The van der Waals surface area contributed by atoms with Crippen LogP contribution in [0.15, 0.2) is 34.4 Å². The molecular weight excluding hydrogens is 500 g/mol. The Morgan fingerprint density at radius 1 is 1.03 bits per heavy atom. The number of alkyl halides is 6. The van der Waals surface area contributed by atoms with Gasteiger partial charge < -0.3 is 10.2 Å². The van der Waals surface area contributed by atoms with Gasteiger partial charge in [0, 0.05) is 37.7 Å². The predicted molar refractivity (Wildman–Crippen MR) is 128 cm³/mol. The summed E-state index contributed by atoms with van der Waals surface area (Å²) >= 11 is 0. The van der Waals surface area contributed by atoms with Crippen molar-refractivity contribution >= 4 is 23.4 Å². The van der Waals surface area contributed by atoms with E-state index in [1.807, 2.05) is 7.05 Å². The van der Waals surface area contributed by atoms with Gasteiger partial charge in [0.05, 0.1) is 38.3 Å². The summed E-state index contributed by atoms with van der Waals surface area (Å²) < 4.78 is 80.7. The summed E-state index contributed by atoms with van der Waals surface area (Å²) in [6.07, 6.45) is -1.93. The van der Waals surface area contributed by atoms with Crippen LogP contribution in [0, 0.1) is 11.8 Å². The fraction of sp³-hybridized carbons (Fsp3) is 0.583. The number of nitrogens with one attached hydrogen (secondary N) is 1. The molecule has 13 heteroatoms. The Labute approximate surface area is 210 Å². The van der Waals surface area contributed by atoms with Gasteiger partial charge in [0.2, 0.25) is 0 Å². The number of rotatable bonds is 2. The van der Waals surface area contributed by atoms with E-state index in [0.717, 1.165) is 36.8 Å². The highest BCUT2D eigenvalue weighted by molar-refractivity contribution is 6.04. The number of amidine groups is 2. The van der Waals surface area contributed by atoms with E-state index >= 15 is 0 Å². The van der Waals surface area contributed by atoms with E-state index in [0.29, 0.717) is 35.6 Å². The number of hydrogen-bond acceptors (Lipinski definition) is 6. The highest BCUT2D eigenvalue weighted by Crippen LogP contribution is 2.35. The zero-order chi connectivity index (χ0) is 26.4. The minimum atomic E-state index is -4.40. The van der Waals surface area contributed by atoms with E-state index < -0.39 is 30.7 Å². The van der Waals surface area contributed by atoms with Crippen molar-refractivity contribution in [2.45, 2.75) is 38.0 Å². The molecule has 0 radical (unpaired) electrons. The minimum absolute atomic E-state index is 0.00464. The van der Waals surface area contributed by atoms with Crippen molar-refractivity contribution in [1.29, 1.82) is 0 Å². The lowest BCUT2D eigenvalue weighted by Crippen LogP contribution is -2.57. The first kappa shape index (κ1) is 25.7. The average molecular weight is 529 g/mol. The average Bonchev–Trinajstić information content (AvgIpc) is 3.05. The number of hydrogen-bond donors (Lipinski definition) is 1. The summed E-state index contributed by atoms with van der Waals surface area (Å²) in [4.78, 5) is 19.4. The smallest absolute Gasteiger partial charge is 0.359 e. The fourth-order valence-corrected chi connectivity index (χ4v) is 5.03. The second-order valence-electron chi connectivity index (χ2n) is 10.0. The third-order valence-electron chi connectivity index (χ3n) is 7.44. The summed E-state index contributed by atoms with van der Waals surface area (Å²) in [7, 11) is 2.01. The predicted octanol–water partition coefficient (Wildman–Crippen LogP) is 4.27. The molecule has 1 aromatic rings. The number of quaternary nitrogens is 1. The van der Waals surface area contributed by atoms with Crippen LogP contribution in [0.5, 0.6) is 0 Å². The first-order valence-electron chi connectivity index (χ1n) is 12.3. The molecule has 1 saturated heterocycles. The molecule has 2 unspecified atom stereocenters. The number of dihydropyridines is 1. The molecule has 5 rings (SSSR count). The Balaban J connectivity index is 1.43. The molecule has 1 N–H and O–H groups in total. The molecule has 200 valence electrons. The maximum atomic E-state index is 13.7. The number of anilines is 1. The number of aromatic nitrogens is 2. The van der Waals surface area contributed by atoms with Gasteiger partial charge >= 0.3 is 18.3 Å². The first-order chi connectivity index (χ1) is 17.4. The number of likely N-dealkylation sites (tertiary alicyclic amines) is 1. The zero-order valence-electron chi connectivity index (χ0n) is 20.3. The Hall–Kier alpha value is -2.96. The van der Waals surface area contributed by atoms with Crippen LogP contribution in [-0.4, -0.2) is 78.7 Å². The van der Waals surface area contributed by atoms with E-state index in [2.05, 4.69) is 15.3 Å². The molecule has 0 saturated carbocycles. The van der Waals surface area contributed by atoms with E-state index in [-0.39, 0.29) is 24.6 Å². The number of fused-ring (bicyclic) bond motifs is 1. The van der Waals surface area contributed by atoms with Crippen LogP contribution in [0.2, 0.25) is 0 Å². The van der Waals surface area contributed by atoms with Crippen molar-refractivity contribution < 1.29 is 26.3 Å². The third kappa shape index (κ3) is 5.23. The van der Waals surface area contributed by atoms with Gasteiger partial charge in [-0.25, -0.2) is 4.99 Å². The Kier molecular flexibility index (Phi) is 6.53. The summed E-state index contributed by atoms with van der Waals surface area (Å²) in [6, 6.07) is 0. The van der Waals surface area contributed by atoms with Crippen LogP contribution < -0.4 is 9.80 Å². The zero-order valence-corrected chi connectivity index (χ0v) is 20.3. The van der Waals surface area contributed by atoms with E-state index in [9.17, 15) is 26.3 Å². The molecule has 4 aliphatic rings. The SMILES string of the molecule is C[N+]1(c2nc3c(c(NC4=NCC(C(F)(F)F)C=C4)n2)CCN(C2=NC=CCC2C(F)(F)F)CC3)CCC1. The van der Waals surface area contributed by atoms with Crippen molar-refractivity contribution in [2.24, 2.45) is 21.8 Å². The van der Waals surface area contributed by atoms with E-state index in [1.165, 1.54) is 18.4 Å². The molecule has 0 bridgehead atoms. The van der Waals surface area contributed by atoms with Gasteiger partial charge in [-0.3, -0.25) is 9.48 Å². The van der Waals surface area contributed by atoms with Crippen molar-refractivity contribution in [2.75, 3.05) is 45.1 Å². The van der Waals surface area contributed by atoms with Crippen molar-refractivity contribution in [3.8, 4) is 0 Å². The monoisotopic (exact) mass is 528 g/mol. The van der Waals surface area contributed by atoms with Crippen LogP contribution in [-0.2, 0) is 12.8 Å². The van der Waals surface area contributed by atoms with Crippen LogP contribution in [0.3, 0.4) is 0 Å². The number of nitrogens with zero attached hydrogens (tertiary/aromatic N) is 6. The lowest BCUT2D eigenvalue weighted by atomic mass is 10.0. The van der Waals surface area contributed by atoms with Gasteiger partial charge in [-0.1, -0.05) is 12.2 Å². The second kappa shape index (κ2) is 9.41. The molecule has 0 aliphatic carbocycles. The van der Waals surface area contributed by atoms with Gasteiger partial charge in [0.1, 0.15) is 23.4 Å². The lowest BCUT2D eigenvalue weighted by molar-refractivity contribution is -0.158. The maximum absolute atomic E-state index is 13.7. The molecule has 1 aromatic heterocycles. The maximum Gasteiger partial charge on any atom is 0.399 e. The van der Waals surface area contributed by atoms with Crippen molar-refractivity contribution in [1.82, 2.24) is 19.4 Å². The summed E-state index contributed by atoms with van der Waals surface area (Å²) in [5.74, 6) is -2.00. The second-order valence-corrected chi connectivity index (χ2v) is 10.0. The molecule has 1 fully saturated rings. The molecule has 5 heterocycles. The highest BCUT2D eigenvalue weighted by Gasteiger charge is 2.45. The number of allylic oxidation sites excluding steroid dienone is 1. The molecule has 0 amide bonds. The van der Waals surface area contributed by atoms with Crippen LogP contribution in [0.4, 0.5) is 38.1 Å². The molecule has 4 aliphatic heterocycles. The van der Waals surface area contributed by atoms with Gasteiger partial charge in [-0.15, -0.1) is 0 Å². The third-order valence-corrected chi connectivity index (χ3v) is 7.44. The minimum Gasteiger partial charge on any atom is -0.359 e. The molecule has 0 spiro atoms.